The zero-order valence-corrected chi connectivity index (χ0v) is 12.7. The lowest BCUT2D eigenvalue weighted by atomic mass is 10.1. The molecular formula is C13H9Cl3FN3O. The van der Waals surface area contributed by atoms with Gasteiger partial charge in [-0.1, -0.05) is 34.8 Å². The number of amides is 1. The van der Waals surface area contributed by atoms with Crippen LogP contribution in [-0.2, 0) is 0 Å². The SMILES string of the molecule is NNc1ccc(Cl)cc1C(=O)Nc1c(Cl)cc(F)cc1Cl. The van der Waals surface area contributed by atoms with Crippen molar-refractivity contribution in [3.8, 4) is 0 Å². The Bertz CT molecular complexity index is 686. The number of nitrogens with two attached hydrogens (primary N) is 1. The molecule has 2 aromatic rings. The molecule has 21 heavy (non-hydrogen) atoms. The average Bonchev–Trinajstić information content (AvgIpc) is 2.42. The van der Waals surface area contributed by atoms with Gasteiger partial charge in [-0.25, -0.2) is 4.39 Å². The Labute approximate surface area is 135 Å². The summed E-state index contributed by atoms with van der Waals surface area (Å²) in [5.74, 6) is 4.19. The fourth-order valence-electron chi connectivity index (χ4n) is 1.67. The highest BCUT2D eigenvalue weighted by molar-refractivity contribution is 6.40. The molecule has 4 nitrogen and oxygen atoms in total. The summed E-state index contributed by atoms with van der Waals surface area (Å²) < 4.78 is 13.1. The standard InChI is InChI=1S/C13H9Cl3FN3O/c14-6-1-2-11(20-18)8(3-6)13(21)19-12-9(15)4-7(17)5-10(12)16/h1-5,20H,18H2,(H,19,21). The van der Waals surface area contributed by atoms with Crippen molar-refractivity contribution in [2.24, 2.45) is 5.84 Å². The number of carbonyl (C=O) groups excluding carboxylic acids is 1. The number of nitrogen functional groups attached to an aromatic ring is 1. The summed E-state index contributed by atoms with van der Waals surface area (Å²) in [7, 11) is 0. The van der Waals surface area contributed by atoms with E-state index in [0.717, 1.165) is 12.1 Å². The van der Waals surface area contributed by atoms with E-state index in [4.69, 9.17) is 40.6 Å². The Kier molecular flexibility index (Phi) is 4.90. The molecule has 0 unspecified atom stereocenters. The molecule has 0 radical (unpaired) electrons. The van der Waals surface area contributed by atoms with Gasteiger partial charge < -0.3 is 10.7 Å². The van der Waals surface area contributed by atoms with E-state index in [1.807, 2.05) is 0 Å². The third-order valence-corrected chi connectivity index (χ3v) is 3.46. The van der Waals surface area contributed by atoms with E-state index in [2.05, 4.69) is 10.7 Å². The number of hydrazine groups is 1. The highest BCUT2D eigenvalue weighted by Crippen LogP contribution is 2.32. The molecule has 0 heterocycles. The topological polar surface area (TPSA) is 67.1 Å². The lowest BCUT2D eigenvalue weighted by molar-refractivity contribution is 0.102. The molecule has 2 aromatic carbocycles. The Hall–Kier alpha value is -1.53. The monoisotopic (exact) mass is 347 g/mol. The maximum absolute atomic E-state index is 13.1. The molecule has 2 rings (SSSR count). The van der Waals surface area contributed by atoms with Gasteiger partial charge in [0.05, 0.1) is 27.0 Å². The number of nitrogens with one attached hydrogen (secondary N) is 2. The second kappa shape index (κ2) is 6.49. The molecule has 0 atom stereocenters. The molecule has 0 bridgehead atoms. The van der Waals surface area contributed by atoms with Gasteiger partial charge in [-0.05, 0) is 30.3 Å². The van der Waals surface area contributed by atoms with Crippen molar-refractivity contribution in [1.82, 2.24) is 0 Å². The van der Waals surface area contributed by atoms with Crippen molar-refractivity contribution < 1.29 is 9.18 Å². The number of benzene rings is 2. The van der Waals surface area contributed by atoms with Crippen LogP contribution in [0.25, 0.3) is 0 Å². The van der Waals surface area contributed by atoms with Crippen LogP contribution in [0.1, 0.15) is 10.4 Å². The van der Waals surface area contributed by atoms with Crippen molar-refractivity contribution in [1.29, 1.82) is 0 Å². The van der Waals surface area contributed by atoms with Gasteiger partial charge in [-0.3, -0.25) is 10.6 Å². The second-order valence-corrected chi connectivity index (χ2v) is 5.28. The van der Waals surface area contributed by atoms with Crippen molar-refractivity contribution in [3.05, 3.63) is 56.8 Å². The van der Waals surface area contributed by atoms with Gasteiger partial charge in [0.1, 0.15) is 5.82 Å². The summed E-state index contributed by atoms with van der Waals surface area (Å²) in [5, 5.41) is 2.82. The number of halogens is 4. The van der Waals surface area contributed by atoms with Crippen molar-refractivity contribution in [2.45, 2.75) is 0 Å². The highest BCUT2D eigenvalue weighted by atomic mass is 35.5. The van der Waals surface area contributed by atoms with Crippen LogP contribution in [0.3, 0.4) is 0 Å². The first-order valence-corrected chi connectivity index (χ1v) is 6.78. The van der Waals surface area contributed by atoms with Crippen LogP contribution < -0.4 is 16.6 Å². The van der Waals surface area contributed by atoms with Crippen molar-refractivity contribution in [3.63, 3.8) is 0 Å². The lowest BCUT2D eigenvalue weighted by Gasteiger charge is -2.12. The van der Waals surface area contributed by atoms with Crippen LogP contribution in [0.15, 0.2) is 30.3 Å². The Morgan fingerprint density at radius 2 is 1.71 bits per heavy atom. The van der Waals surface area contributed by atoms with Gasteiger partial charge in [-0.2, -0.15) is 0 Å². The zero-order valence-electron chi connectivity index (χ0n) is 10.4. The fraction of sp³-hybridized carbons (Fsp3) is 0. The maximum atomic E-state index is 13.1. The third-order valence-electron chi connectivity index (χ3n) is 2.63. The molecular weight excluding hydrogens is 340 g/mol. The van der Waals surface area contributed by atoms with E-state index in [-0.39, 0.29) is 21.3 Å². The van der Waals surface area contributed by atoms with Crippen LogP contribution in [-0.4, -0.2) is 5.91 Å². The summed E-state index contributed by atoms with van der Waals surface area (Å²) >= 11 is 17.6. The molecule has 0 spiro atoms. The zero-order chi connectivity index (χ0) is 15.6. The number of anilines is 2. The molecule has 0 saturated heterocycles. The number of rotatable bonds is 3. The molecule has 0 aliphatic heterocycles. The van der Waals surface area contributed by atoms with E-state index in [1.54, 1.807) is 12.1 Å². The summed E-state index contributed by atoms with van der Waals surface area (Å²) in [5.41, 5.74) is 3.05. The first kappa shape index (κ1) is 15.9. The van der Waals surface area contributed by atoms with E-state index < -0.39 is 11.7 Å². The van der Waals surface area contributed by atoms with Crippen molar-refractivity contribution >= 4 is 52.1 Å². The number of hydrogen-bond acceptors (Lipinski definition) is 3. The first-order chi connectivity index (χ1) is 9.92. The molecule has 0 fully saturated rings. The van der Waals surface area contributed by atoms with Gasteiger partial charge in [0, 0.05) is 5.02 Å². The molecule has 0 saturated carbocycles. The Morgan fingerprint density at radius 3 is 2.29 bits per heavy atom. The normalized spacial score (nSPS) is 10.3. The predicted molar refractivity (Wildman–Crippen MR) is 83.6 cm³/mol. The summed E-state index contributed by atoms with van der Waals surface area (Å²) in [6, 6.07) is 6.64. The lowest BCUT2D eigenvalue weighted by Crippen LogP contribution is -2.17. The third kappa shape index (κ3) is 3.57. The number of carbonyl (C=O) groups is 1. The predicted octanol–water partition coefficient (Wildman–Crippen LogP) is 4.32. The second-order valence-electron chi connectivity index (χ2n) is 4.03. The van der Waals surface area contributed by atoms with Crippen LogP contribution >= 0.6 is 34.8 Å². The quantitative estimate of drug-likeness (QED) is 0.571. The summed E-state index contributed by atoms with van der Waals surface area (Å²) in [6.45, 7) is 0. The van der Waals surface area contributed by atoms with E-state index in [0.29, 0.717) is 10.7 Å². The van der Waals surface area contributed by atoms with E-state index in [1.165, 1.54) is 6.07 Å². The summed E-state index contributed by atoms with van der Waals surface area (Å²) in [6.07, 6.45) is 0. The minimum Gasteiger partial charge on any atom is -0.323 e. The van der Waals surface area contributed by atoms with Gasteiger partial charge in [0.2, 0.25) is 0 Å². The minimum absolute atomic E-state index is 0.0161. The molecule has 8 heteroatoms. The molecule has 1 amide bonds. The molecule has 110 valence electrons. The van der Waals surface area contributed by atoms with Crippen LogP contribution in [0, 0.1) is 5.82 Å². The van der Waals surface area contributed by atoms with Gasteiger partial charge in [0.15, 0.2) is 0 Å². The largest absolute Gasteiger partial charge is 0.323 e. The Balaban J connectivity index is 2.37. The molecule has 0 aliphatic rings. The highest BCUT2D eigenvalue weighted by Gasteiger charge is 2.16. The van der Waals surface area contributed by atoms with E-state index in [9.17, 15) is 9.18 Å². The summed E-state index contributed by atoms with van der Waals surface area (Å²) in [4.78, 5) is 12.3. The van der Waals surface area contributed by atoms with Crippen molar-refractivity contribution in [2.75, 3.05) is 10.7 Å². The van der Waals surface area contributed by atoms with Gasteiger partial charge in [0.25, 0.3) is 5.91 Å². The fourth-order valence-corrected chi connectivity index (χ4v) is 2.40. The molecule has 4 N–H and O–H groups in total. The van der Waals surface area contributed by atoms with Crippen LogP contribution in [0.2, 0.25) is 15.1 Å². The maximum Gasteiger partial charge on any atom is 0.257 e. The number of hydrogen-bond donors (Lipinski definition) is 3. The van der Waals surface area contributed by atoms with Crippen LogP contribution in [0.5, 0.6) is 0 Å². The van der Waals surface area contributed by atoms with Crippen LogP contribution in [0.4, 0.5) is 15.8 Å². The smallest absolute Gasteiger partial charge is 0.257 e. The molecule has 0 aromatic heterocycles. The minimum atomic E-state index is -0.602. The average molecular weight is 349 g/mol. The van der Waals surface area contributed by atoms with Gasteiger partial charge in [-0.15, -0.1) is 0 Å². The molecule has 0 aliphatic carbocycles. The van der Waals surface area contributed by atoms with Gasteiger partial charge >= 0.3 is 0 Å². The first-order valence-electron chi connectivity index (χ1n) is 5.64. The van der Waals surface area contributed by atoms with E-state index >= 15 is 0 Å². The Morgan fingerprint density at radius 1 is 1.10 bits per heavy atom.